The quantitative estimate of drug-likeness (QED) is 0.764. The third kappa shape index (κ3) is 2.18. The number of methoxy groups -OCH3 is 1. The van der Waals surface area contributed by atoms with Crippen molar-refractivity contribution in [3.05, 3.63) is 35.5 Å². The van der Waals surface area contributed by atoms with E-state index in [0.29, 0.717) is 16.8 Å². The second-order valence-corrected chi connectivity index (χ2v) is 3.72. The average molecular weight is 248 g/mol. The Morgan fingerprint density at radius 2 is 2.28 bits per heavy atom. The second kappa shape index (κ2) is 4.89. The van der Waals surface area contributed by atoms with Gasteiger partial charge in [-0.1, -0.05) is 12.1 Å². The number of phenolic OH excluding ortho intramolecular Hbond substituents is 1. The van der Waals surface area contributed by atoms with Crippen molar-refractivity contribution in [2.45, 2.75) is 6.61 Å². The molecule has 1 aromatic carbocycles. The minimum atomic E-state index is -1.10. The highest BCUT2D eigenvalue weighted by molar-refractivity contribution is 5.87. The molecule has 0 saturated carbocycles. The average Bonchev–Trinajstić information content (AvgIpc) is 2.81. The molecule has 0 unspecified atom stereocenters. The Morgan fingerprint density at radius 3 is 2.89 bits per heavy atom. The number of H-pyrrole nitrogens is 1. The van der Waals surface area contributed by atoms with Crippen molar-refractivity contribution in [3.63, 3.8) is 0 Å². The maximum atomic E-state index is 10.7. The van der Waals surface area contributed by atoms with Gasteiger partial charge in [0.05, 0.1) is 12.3 Å². The number of aromatic hydroxyl groups is 1. The van der Waals surface area contributed by atoms with E-state index in [1.165, 1.54) is 13.2 Å². The van der Waals surface area contributed by atoms with Crippen molar-refractivity contribution in [1.29, 1.82) is 0 Å². The van der Waals surface area contributed by atoms with E-state index in [2.05, 4.69) is 10.2 Å². The zero-order chi connectivity index (χ0) is 13.1. The fourth-order valence-electron chi connectivity index (χ4n) is 1.64. The molecule has 1 heterocycles. The maximum absolute atomic E-state index is 10.7. The summed E-state index contributed by atoms with van der Waals surface area (Å²) in [7, 11) is 1.53. The zero-order valence-electron chi connectivity index (χ0n) is 9.67. The van der Waals surface area contributed by atoms with Crippen molar-refractivity contribution >= 4 is 5.97 Å². The van der Waals surface area contributed by atoms with Gasteiger partial charge in [-0.3, -0.25) is 5.10 Å². The molecule has 0 aliphatic heterocycles. The number of aromatic amines is 1. The lowest BCUT2D eigenvalue weighted by Gasteiger charge is -2.06. The second-order valence-electron chi connectivity index (χ2n) is 3.72. The highest BCUT2D eigenvalue weighted by Gasteiger charge is 2.14. The van der Waals surface area contributed by atoms with Gasteiger partial charge in [0, 0.05) is 18.2 Å². The molecule has 2 aromatic rings. The number of nitrogens with zero attached hydrogens (tertiary/aromatic N) is 1. The number of benzene rings is 1. The first-order valence-corrected chi connectivity index (χ1v) is 5.22. The minimum absolute atomic E-state index is 0.0263. The lowest BCUT2D eigenvalue weighted by Crippen LogP contribution is -1.95. The Balaban J connectivity index is 2.43. The predicted molar refractivity (Wildman–Crippen MR) is 63.4 cm³/mol. The van der Waals surface area contributed by atoms with E-state index in [-0.39, 0.29) is 18.1 Å². The van der Waals surface area contributed by atoms with Crippen LogP contribution in [-0.4, -0.2) is 33.5 Å². The van der Waals surface area contributed by atoms with Crippen LogP contribution in [0.25, 0.3) is 11.3 Å². The third-order valence-electron chi connectivity index (χ3n) is 2.50. The summed E-state index contributed by atoms with van der Waals surface area (Å²) in [6, 6.07) is 6.51. The molecule has 0 saturated heterocycles. The number of hydrogen-bond donors (Lipinski definition) is 3. The molecule has 6 heteroatoms. The molecule has 1 aromatic heterocycles. The molecule has 0 amide bonds. The summed E-state index contributed by atoms with van der Waals surface area (Å²) in [5.41, 5.74) is 1.44. The van der Waals surface area contributed by atoms with E-state index in [9.17, 15) is 9.90 Å². The molecule has 0 radical (unpaired) electrons. The van der Waals surface area contributed by atoms with E-state index < -0.39 is 5.97 Å². The van der Waals surface area contributed by atoms with Crippen molar-refractivity contribution < 1.29 is 19.7 Å². The molecule has 3 N–H and O–H groups in total. The van der Waals surface area contributed by atoms with Crippen LogP contribution in [0.15, 0.2) is 24.3 Å². The Labute approximate surface area is 103 Å². The number of aromatic nitrogens is 2. The standard InChI is InChI=1S/C12H12N2O4/c1-18-6-7-3-2-4-8(11(7)15)9-5-10(12(16)17)14-13-9/h2-5,15H,6H2,1H3,(H,13,14)(H,16,17). The smallest absolute Gasteiger partial charge is 0.353 e. The normalized spacial score (nSPS) is 10.5. The van der Waals surface area contributed by atoms with E-state index in [1.54, 1.807) is 18.2 Å². The molecule has 2 rings (SSSR count). The predicted octanol–water partition coefficient (Wildman–Crippen LogP) is 1.63. The minimum Gasteiger partial charge on any atom is -0.507 e. The molecule has 0 atom stereocenters. The number of nitrogens with one attached hydrogen (secondary N) is 1. The van der Waals surface area contributed by atoms with Gasteiger partial charge in [0.2, 0.25) is 0 Å². The number of hydrogen-bond acceptors (Lipinski definition) is 4. The van der Waals surface area contributed by atoms with Gasteiger partial charge in [-0.2, -0.15) is 5.10 Å². The summed E-state index contributed by atoms with van der Waals surface area (Å²) in [5.74, 6) is -1.05. The van der Waals surface area contributed by atoms with Gasteiger partial charge < -0.3 is 14.9 Å². The first-order chi connectivity index (χ1) is 8.63. The molecule has 0 aliphatic rings. The Bertz CT molecular complexity index is 577. The van der Waals surface area contributed by atoms with Gasteiger partial charge in [0.1, 0.15) is 11.4 Å². The fourth-order valence-corrected chi connectivity index (χ4v) is 1.64. The van der Waals surface area contributed by atoms with Crippen LogP contribution in [0, 0.1) is 0 Å². The molecule has 0 bridgehead atoms. The Hall–Kier alpha value is -2.34. The van der Waals surface area contributed by atoms with Gasteiger partial charge in [-0.25, -0.2) is 4.79 Å². The number of rotatable bonds is 4. The van der Waals surface area contributed by atoms with Gasteiger partial charge in [0.25, 0.3) is 0 Å². The first-order valence-electron chi connectivity index (χ1n) is 5.22. The molecule has 0 fully saturated rings. The molecular weight excluding hydrogens is 236 g/mol. The molecule has 18 heavy (non-hydrogen) atoms. The number of para-hydroxylation sites is 1. The highest BCUT2D eigenvalue weighted by atomic mass is 16.5. The number of phenols is 1. The summed E-state index contributed by atoms with van der Waals surface area (Å²) in [4.78, 5) is 10.7. The van der Waals surface area contributed by atoms with E-state index >= 15 is 0 Å². The van der Waals surface area contributed by atoms with Gasteiger partial charge in [-0.05, 0) is 12.1 Å². The summed E-state index contributed by atoms with van der Waals surface area (Å²) in [6.45, 7) is 0.274. The van der Waals surface area contributed by atoms with Crippen molar-refractivity contribution in [2.24, 2.45) is 0 Å². The lowest BCUT2D eigenvalue weighted by molar-refractivity contribution is 0.0690. The number of carboxylic acid groups (broad SMARTS) is 1. The molecule has 0 spiro atoms. The Morgan fingerprint density at radius 1 is 1.50 bits per heavy atom. The maximum Gasteiger partial charge on any atom is 0.353 e. The SMILES string of the molecule is COCc1cccc(-c2cc(C(=O)O)[nH]n2)c1O. The molecule has 0 aliphatic carbocycles. The Kier molecular flexibility index (Phi) is 3.29. The number of carbonyl (C=O) groups is 1. The van der Waals surface area contributed by atoms with Gasteiger partial charge in [-0.15, -0.1) is 0 Å². The largest absolute Gasteiger partial charge is 0.507 e. The summed E-state index contributed by atoms with van der Waals surface area (Å²) >= 11 is 0. The van der Waals surface area contributed by atoms with Crippen LogP contribution in [0.3, 0.4) is 0 Å². The van der Waals surface area contributed by atoms with Gasteiger partial charge >= 0.3 is 5.97 Å². The molecule has 94 valence electrons. The summed E-state index contributed by atoms with van der Waals surface area (Å²) in [5, 5.41) is 25.1. The van der Waals surface area contributed by atoms with Crippen LogP contribution in [-0.2, 0) is 11.3 Å². The monoisotopic (exact) mass is 248 g/mol. The first kappa shape index (κ1) is 12.1. The third-order valence-corrected chi connectivity index (χ3v) is 2.50. The van der Waals surface area contributed by atoms with Gasteiger partial charge in [0.15, 0.2) is 0 Å². The summed E-state index contributed by atoms with van der Waals surface area (Å²) < 4.78 is 4.96. The highest BCUT2D eigenvalue weighted by Crippen LogP contribution is 2.31. The van der Waals surface area contributed by atoms with Crippen LogP contribution in [0.1, 0.15) is 16.1 Å². The van der Waals surface area contributed by atoms with Crippen LogP contribution < -0.4 is 0 Å². The molecular formula is C12H12N2O4. The van der Waals surface area contributed by atoms with Crippen molar-refractivity contribution in [3.8, 4) is 17.0 Å². The number of ether oxygens (including phenoxy) is 1. The van der Waals surface area contributed by atoms with Crippen LogP contribution in [0.5, 0.6) is 5.75 Å². The lowest BCUT2D eigenvalue weighted by atomic mass is 10.1. The van der Waals surface area contributed by atoms with E-state index in [0.717, 1.165) is 0 Å². The van der Waals surface area contributed by atoms with E-state index in [4.69, 9.17) is 9.84 Å². The zero-order valence-corrected chi connectivity index (χ0v) is 9.67. The van der Waals surface area contributed by atoms with E-state index in [1.807, 2.05) is 0 Å². The van der Waals surface area contributed by atoms with Crippen LogP contribution in [0.4, 0.5) is 0 Å². The molecule has 6 nitrogen and oxygen atoms in total. The summed E-state index contributed by atoms with van der Waals surface area (Å²) in [6.07, 6.45) is 0. The van der Waals surface area contributed by atoms with Crippen LogP contribution in [0.2, 0.25) is 0 Å². The number of aromatic carboxylic acids is 1. The fraction of sp³-hybridized carbons (Fsp3) is 0.167. The number of carboxylic acids is 1. The van der Waals surface area contributed by atoms with Crippen LogP contribution >= 0.6 is 0 Å². The van der Waals surface area contributed by atoms with Crippen molar-refractivity contribution in [2.75, 3.05) is 7.11 Å². The van der Waals surface area contributed by atoms with Crippen molar-refractivity contribution in [1.82, 2.24) is 10.2 Å². The topological polar surface area (TPSA) is 95.4 Å².